The highest BCUT2D eigenvalue weighted by atomic mass is 16.6. The van der Waals surface area contributed by atoms with Crippen LogP contribution in [0, 0.1) is 20.8 Å². The Kier molecular flexibility index (Phi) is 13.4. The summed E-state index contributed by atoms with van der Waals surface area (Å²) in [6, 6.07) is 39.2. The monoisotopic (exact) mass is 948 g/mol. The number of nitrogens with zero attached hydrogens (tertiary/aromatic N) is 5. The van der Waals surface area contributed by atoms with Crippen molar-refractivity contribution in [1.82, 2.24) is 0 Å². The highest BCUT2D eigenvalue weighted by molar-refractivity contribution is 5.97. The Labute approximate surface area is 418 Å². The molecule has 2 unspecified atom stereocenters. The maximum atomic E-state index is 13.6. The number of ether oxygens (including phenoxy) is 3. The lowest BCUT2D eigenvalue weighted by molar-refractivity contribution is -0.145. The number of fused-ring (bicyclic) bond motifs is 6. The predicted octanol–water partition coefficient (Wildman–Crippen LogP) is 12.5. The van der Waals surface area contributed by atoms with Crippen molar-refractivity contribution in [3.05, 3.63) is 182 Å². The SMILES string of the molecule is C=NC1=C(/N=C\C)C(c2ccc(N(CC)CC)cc2C)(c2ccc(N(CC)CCc3ccc(Nc4cc5c(cc4C)Oc4cc(N(C)CCC)ccc4C54OC(=O)c5ccccc54)cc3)cc2C)OC1=O. The molecular weight excluding hydrogens is 885 g/mol. The Hall–Kier alpha value is -7.66. The van der Waals surface area contributed by atoms with E-state index in [1.54, 1.807) is 6.21 Å². The van der Waals surface area contributed by atoms with Gasteiger partial charge in [0.15, 0.2) is 11.3 Å². The number of cyclic esters (lactones) is 1. The number of hydrogen-bond donors (Lipinski definition) is 1. The second kappa shape index (κ2) is 19.6. The third kappa shape index (κ3) is 8.30. The summed E-state index contributed by atoms with van der Waals surface area (Å²) in [6.45, 7) is 24.6. The molecule has 1 spiro atoms. The molecule has 3 heterocycles. The molecule has 71 heavy (non-hydrogen) atoms. The molecular formula is C60H64N6O5. The maximum Gasteiger partial charge on any atom is 0.360 e. The van der Waals surface area contributed by atoms with Crippen molar-refractivity contribution in [2.24, 2.45) is 9.98 Å². The van der Waals surface area contributed by atoms with E-state index < -0.39 is 17.2 Å². The molecule has 0 radical (unpaired) electrons. The molecule has 9 rings (SSSR count). The van der Waals surface area contributed by atoms with E-state index in [-0.39, 0.29) is 11.7 Å². The van der Waals surface area contributed by atoms with Crippen LogP contribution in [0.25, 0.3) is 0 Å². The van der Waals surface area contributed by atoms with Gasteiger partial charge in [0, 0.05) is 108 Å². The first-order chi connectivity index (χ1) is 34.3. The Balaban J connectivity index is 0.964. The Morgan fingerprint density at radius 3 is 1.89 bits per heavy atom. The van der Waals surface area contributed by atoms with Gasteiger partial charge in [-0.1, -0.05) is 49.4 Å². The number of rotatable bonds is 17. The van der Waals surface area contributed by atoms with Gasteiger partial charge in [-0.05, 0) is 157 Å². The van der Waals surface area contributed by atoms with Gasteiger partial charge in [0.05, 0.1) is 5.56 Å². The van der Waals surface area contributed by atoms with Crippen molar-refractivity contribution < 1.29 is 23.8 Å². The van der Waals surface area contributed by atoms with Crippen molar-refractivity contribution in [1.29, 1.82) is 0 Å². The average Bonchev–Trinajstić information content (AvgIpc) is 3.82. The zero-order valence-corrected chi connectivity index (χ0v) is 42.5. The van der Waals surface area contributed by atoms with E-state index in [4.69, 9.17) is 19.2 Å². The van der Waals surface area contributed by atoms with E-state index in [0.29, 0.717) is 22.8 Å². The van der Waals surface area contributed by atoms with Crippen molar-refractivity contribution in [2.45, 2.75) is 79.4 Å². The van der Waals surface area contributed by atoms with Crippen LogP contribution in [-0.4, -0.2) is 64.6 Å². The summed E-state index contributed by atoms with van der Waals surface area (Å²) in [5.41, 5.74) is 11.8. The highest BCUT2D eigenvalue weighted by Crippen LogP contribution is 2.58. The topological polar surface area (TPSA) is 108 Å². The molecule has 0 aromatic heterocycles. The van der Waals surface area contributed by atoms with Crippen LogP contribution in [0.3, 0.4) is 0 Å². The third-order valence-electron chi connectivity index (χ3n) is 14.4. The average molecular weight is 949 g/mol. The minimum Gasteiger partial charge on any atom is -0.456 e. The van der Waals surface area contributed by atoms with Crippen LogP contribution in [-0.2, 0) is 31.9 Å². The van der Waals surface area contributed by atoms with E-state index in [9.17, 15) is 9.59 Å². The minimum absolute atomic E-state index is 0.120. The van der Waals surface area contributed by atoms with Gasteiger partial charge in [-0.2, -0.15) is 0 Å². The number of aryl methyl sites for hydroxylation is 3. The van der Waals surface area contributed by atoms with E-state index in [1.807, 2.05) is 43.3 Å². The fourth-order valence-corrected chi connectivity index (χ4v) is 10.8. The number of carbonyl (C=O) groups excluding carboxylic acids is 2. The number of esters is 2. The molecule has 6 aromatic carbocycles. The molecule has 11 nitrogen and oxygen atoms in total. The van der Waals surface area contributed by atoms with Crippen molar-refractivity contribution in [2.75, 3.05) is 59.8 Å². The second-order valence-electron chi connectivity index (χ2n) is 18.6. The van der Waals surface area contributed by atoms with Crippen LogP contribution in [0.1, 0.15) is 101 Å². The summed E-state index contributed by atoms with van der Waals surface area (Å²) < 4.78 is 19.7. The lowest BCUT2D eigenvalue weighted by Gasteiger charge is -2.37. The molecule has 0 saturated carbocycles. The fraction of sp³-hybridized carbons (Fsp3) is 0.300. The van der Waals surface area contributed by atoms with Crippen LogP contribution in [0.2, 0.25) is 0 Å². The first kappa shape index (κ1) is 48.4. The minimum atomic E-state index is -1.32. The standard InChI is InChI=1S/C60H64N6O5/c1-11-31-64(10)43-24-29-50-54(36-43)69-53-35-40(8)52(37-51(53)59(50)49-19-17-16-18-46(49)57(67)70-59)63-42-22-20-41(21-23-42)30-32-66(15-5)45-26-28-48(39(7)34-45)60(56(62-12-2)55(61-9)58(68)71-60)47-27-25-44(33-38(47)6)65(13-3)14-4/h12,16-29,33-37,63H,9,11,13-15,30-32H2,1-8,10H3/b62-12-. The molecule has 0 bridgehead atoms. The van der Waals surface area contributed by atoms with Crippen molar-refractivity contribution >= 4 is 53.3 Å². The van der Waals surface area contributed by atoms with Gasteiger partial charge in [0.2, 0.25) is 5.60 Å². The summed E-state index contributed by atoms with van der Waals surface area (Å²) >= 11 is 0. The summed E-state index contributed by atoms with van der Waals surface area (Å²) in [5, 5.41) is 3.67. The number of hydrogen-bond acceptors (Lipinski definition) is 11. The summed E-state index contributed by atoms with van der Waals surface area (Å²) in [5.74, 6) is 0.428. The summed E-state index contributed by atoms with van der Waals surface area (Å²) in [7, 11) is 2.08. The maximum absolute atomic E-state index is 13.6. The first-order valence-corrected chi connectivity index (χ1v) is 24.9. The van der Waals surface area contributed by atoms with Crippen LogP contribution in [0.4, 0.5) is 28.4 Å². The zero-order chi connectivity index (χ0) is 50.2. The number of anilines is 5. The Morgan fingerprint density at radius 1 is 0.634 bits per heavy atom. The van der Waals surface area contributed by atoms with Crippen LogP contribution < -0.4 is 24.8 Å². The van der Waals surface area contributed by atoms with Gasteiger partial charge in [-0.3, -0.25) is 9.98 Å². The molecule has 3 aliphatic rings. The number of likely N-dealkylation sites (N-methyl/N-ethyl adjacent to an activating group) is 1. The van der Waals surface area contributed by atoms with Gasteiger partial charge in [0.25, 0.3) is 0 Å². The van der Waals surface area contributed by atoms with Crippen LogP contribution in [0.15, 0.2) is 137 Å². The third-order valence-corrected chi connectivity index (χ3v) is 14.4. The van der Waals surface area contributed by atoms with Crippen LogP contribution in [0.5, 0.6) is 11.5 Å². The summed E-state index contributed by atoms with van der Waals surface area (Å²) in [4.78, 5) is 43.0. The van der Waals surface area contributed by atoms with Crippen molar-refractivity contribution in [3.63, 3.8) is 0 Å². The summed E-state index contributed by atoms with van der Waals surface area (Å²) in [6.07, 6.45) is 3.51. The fourth-order valence-electron chi connectivity index (χ4n) is 10.8. The molecule has 11 heteroatoms. The van der Waals surface area contributed by atoms with Crippen molar-refractivity contribution in [3.8, 4) is 11.5 Å². The Bertz CT molecular complexity index is 3120. The molecule has 6 aromatic rings. The molecule has 3 aliphatic heterocycles. The van der Waals surface area contributed by atoms with Gasteiger partial charge in [-0.25, -0.2) is 9.59 Å². The predicted molar refractivity (Wildman–Crippen MR) is 288 cm³/mol. The number of aliphatic imine (C=N–C) groups is 2. The van der Waals surface area contributed by atoms with E-state index in [1.165, 1.54) is 5.56 Å². The van der Waals surface area contributed by atoms with E-state index in [0.717, 1.165) is 119 Å². The zero-order valence-electron chi connectivity index (χ0n) is 42.5. The number of carbonyl (C=O) groups is 2. The lowest BCUT2D eigenvalue weighted by atomic mass is 9.77. The van der Waals surface area contributed by atoms with Gasteiger partial charge in [-0.15, -0.1) is 0 Å². The van der Waals surface area contributed by atoms with Gasteiger partial charge >= 0.3 is 11.9 Å². The molecule has 1 N–H and O–H groups in total. The lowest BCUT2D eigenvalue weighted by Crippen LogP contribution is -2.33. The van der Waals surface area contributed by atoms with E-state index >= 15 is 0 Å². The normalized spacial score (nSPS) is 17.6. The molecule has 0 fully saturated rings. The second-order valence-corrected chi connectivity index (χ2v) is 18.6. The first-order valence-electron chi connectivity index (χ1n) is 24.9. The number of benzene rings is 6. The molecule has 0 aliphatic carbocycles. The molecule has 0 amide bonds. The Morgan fingerprint density at radius 2 is 1.25 bits per heavy atom. The molecule has 2 atom stereocenters. The molecule has 364 valence electrons. The largest absolute Gasteiger partial charge is 0.456 e. The molecule has 0 saturated heterocycles. The highest BCUT2D eigenvalue weighted by Gasteiger charge is 2.54. The quantitative estimate of drug-likeness (QED) is 0.0706. The van der Waals surface area contributed by atoms with Gasteiger partial charge in [0.1, 0.15) is 17.2 Å². The van der Waals surface area contributed by atoms with Gasteiger partial charge < -0.3 is 34.2 Å². The van der Waals surface area contributed by atoms with E-state index in [2.05, 4.69) is 166 Å². The number of nitrogens with one attached hydrogen (secondary N) is 1. The van der Waals surface area contributed by atoms with Crippen LogP contribution >= 0.6 is 0 Å². The smallest absolute Gasteiger partial charge is 0.360 e.